The largest absolute Gasteiger partial charge is 1.00 e. The number of carboxylic acids is 3. The van der Waals surface area contributed by atoms with Gasteiger partial charge in [0.15, 0.2) is 0 Å². The van der Waals surface area contributed by atoms with Crippen LogP contribution in [0.5, 0.6) is 0 Å². The van der Waals surface area contributed by atoms with Crippen molar-refractivity contribution in [3.8, 4) is 0 Å². The number of carboxylic acid groups (broad SMARTS) is 3. The van der Waals surface area contributed by atoms with Gasteiger partial charge in [-0.1, -0.05) is 31.8 Å². The first-order chi connectivity index (χ1) is 13.4. The molecule has 0 aliphatic rings. The Balaban J connectivity index is -0.000000118. The maximum Gasteiger partial charge on any atom is 1.00 e. The Morgan fingerprint density at radius 2 is 1.42 bits per heavy atom. The van der Waals surface area contributed by atoms with E-state index in [9.17, 15) is 33.0 Å². The van der Waals surface area contributed by atoms with Crippen molar-refractivity contribution in [2.24, 2.45) is 5.73 Å². The average Bonchev–Trinajstić information content (AvgIpc) is 2.61. The summed E-state index contributed by atoms with van der Waals surface area (Å²) in [5.74, 6) is -4.75. The smallest absolute Gasteiger partial charge is 0.550 e. The first-order valence-electron chi connectivity index (χ1n) is 8.94. The Morgan fingerprint density at radius 3 is 1.68 bits per heavy atom. The van der Waals surface area contributed by atoms with E-state index < -0.39 is 39.7 Å². The molecule has 0 amide bonds. The maximum atomic E-state index is 10.2. The van der Waals surface area contributed by atoms with Gasteiger partial charge < -0.3 is 35.7 Å². The number of carbonyl (C=O) groups is 3. The molecule has 172 valence electrons. The van der Waals surface area contributed by atoms with E-state index in [2.05, 4.69) is 6.58 Å². The second kappa shape index (κ2) is 28.0. The van der Waals surface area contributed by atoms with Crippen LogP contribution in [0.4, 0.5) is 0 Å². The summed E-state index contributed by atoms with van der Waals surface area (Å²) < 4.78 is 28.5. The van der Waals surface area contributed by atoms with Gasteiger partial charge >= 0.3 is 65.1 Å². The van der Waals surface area contributed by atoms with Gasteiger partial charge in [0.05, 0.1) is 12.6 Å². The van der Waals surface area contributed by atoms with Crippen molar-refractivity contribution < 1.29 is 107 Å². The van der Waals surface area contributed by atoms with E-state index in [1.54, 1.807) is 0 Å². The molecule has 0 radical (unpaired) electrons. The molecule has 0 spiro atoms. The van der Waals surface area contributed by atoms with Crippen LogP contribution in [0, 0.1) is 0 Å². The molecule has 0 saturated carbocycles. The van der Waals surface area contributed by atoms with Crippen LogP contribution in [0.3, 0.4) is 0 Å². The summed E-state index contributed by atoms with van der Waals surface area (Å²) in [4.78, 5) is 29.9. The molecule has 0 aromatic carbocycles. The number of carbonyl (C=O) groups excluding carboxylic acids is 2. The molecule has 0 aromatic rings. The average molecular weight is 487 g/mol. The zero-order chi connectivity index (χ0) is 23.3. The van der Waals surface area contributed by atoms with Crippen molar-refractivity contribution in [1.82, 2.24) is 0 Å². The summed E-state index contributed by atoms with van der Waals surface area (Å²) in [6.45, 7) is 4.13. The molecular weight excluding hydrogens is 456 g/mol. The van der Waals surface area contributed by atoms with E-state index in [0.717, 1.165) is 19.3 Å². The number of nitrogens with two attached hydrogens (primary N) is 1. The third-order valence-corrected chi connectivity index (χ3v) is 4.23. The first-order valence-corrected chi connectivity index (χ1v) is 10.4. The Bertz CT molecular complexity index is 571. The third-order valence-electron chi connectivity index (χ3n) is 3.15. The summed E-state index contributed by atoms with van der Waals surface area (Å²) in [6, 6.07) is 0. The van der Waals surface area contributed by atoms with Crippen molar-refractivity contribution in [1.29, 1.82) is 0 Å². The fourth-order valence-corrected chi connectivity index (χ4v) is 2.32. The van der Waals surface area contributed by atoms with Crippen LogP contribution in [0.15, 0.2) is 12.7 Å². The zero-order valence-corrected chi connectivity index (χ0v) is 23.1. The third kappa shape index (κ3) is 37.6. The summed E-state index contributed by atoms with van der Waals surface area (Å²) in [5.41, 5.74) is 4.78. The van der Waals surface area contributed by atoms with Crippen molar-refractivity contribution in [2.45, 2.75) is 63.0 Å². The fourth-order valence-electron chi connectivity index (χ4n) is 1.73. The van der Waals surface area contributed by atoms with Crippen LogP contribution >= 0.6 is 0 Å². The fraction of sp³-hybridized carbons (Fsp3) is 0.706. The van der Waals surface area contributed by atoms with Gasteiger partial charge in [0, 0.05) is 25.4 Å². The number of rotatable bonds is 14. The van der Waals surface area contributed by atoms with E-state index in [-0.39, 0.29) is 65.7 Å². The minimum Gasteiger partial charge on any atom is -0.550 e. The first kappa shape index (κ1) is 41.3. The van der Waals surface area contributed by atoms with Crippen LogP contribution in [-0.4, -0.2) is 59.5 Å². The Labute approximate surface area is 227 Å². The van der Waals surface area contributed by atoms with Gasteiger partial charge in [-0.25, -0.2) is 0 Å². The minimum atomic E-state index is -4.94. The van der Waals surface area contributed by atoms with Crippen molar-refractivity contribution in [2.75, 3.05) is 13.2 Å². The predicted molar refractivity (Wildman–Crippen MR) is 101 cm³/mol. The minimum absolute atomic E-state index is 0. The van der Waals surface area contributed by atoms with Gasteiger partial charge in [-0.15, -0.1) is 6.58 Å². The molecule has 14 heteroatoms. The van der Waals surface area contributed by atoms with E-state index in [1.165, 1.54) is 25.7 Å². The number of aliphatic hydroxyl groups excluding tert-OH is 1. The number of unbranched alkanes of at least 4 members (excludes halogenated alkanes) is 6. The molecule has 5 N–H and O–H groups in total. The molecule has 0 rings (SSSR count). The van der Waals surface area contributed by atoms with Crippen molar-refractivity contribution >= 4 is 28.0 Å². The number of aliphatic hydroxyl groups is 1. The second-order valence-corrected chi connectivity index (χ2v) is 7.35. The molecule has 0 aromatic heterocycles. The van der Waals surface area contributed by atoms with Crippen molar-refractivity contribution in [3.63, 3.8) is 0 Å². The molecule has 31 heavy (non-hydrogen) atoms. The Kier molecular flexibility index (Phi) is 37.3. The molecule has 0 bridgehead atoms. The number of allylic oxidation sites excluding steroid dienone is 1. The molecule has 0 fully saturated rings. The van der Waals surface area contributed by atoms with Gasteiger partial charge in [0.25, 0.3) is 10.1 Å². The molecule has 0 saturated heterocycles. The Morgan fingerprint density at radius 1 is 1.00 bits per heavy atom. The number of aliphatic carboxylic acids is 3. The van der Waals surface area contributed by atoms with Crippen LogP contribution in [-0.2, 0) is 24.5 Å². The maximum absolute atomic E-state index is 10.2. The SMILES string of the molecule is C=CCCCCCCCCC(=O)O.NCCO.O=C([O-])CC(C(=O)[O-])S(=O)(=O)O.[Na+].[Na+]. The zero-order valence-electron chi connectivity index (χ0n) is 18.3. The van der Waals surface area contributed by atoms with E-state index in [1.807, 2.05) is 6.08 Å². The quantitative estimate of drug-likeness (QED) is 0.0780. The van der Waals surface area contributed by atoms with E-state index >= 15 is 0 Å². The van der Waals surface area contributed by atoms with E-state index in [0.29, 0.717) is 13.0 Å². The summed E-state index contributed by atoms with van der Waals surface area (Å²) >= 11 is 0. The normalized spacial score (nSPS) is 10.4. The number of hydrogen-bond acceptors (Lipinski definition) is 9. The molecule has 0 heterocycles. The monoisotopic (exact) mass is 487 g/mol. The molecule has 1 atom stereocenters. The second-order valence-electron chi connectivity index (χ2n) is 5.75. The summed E-state index contributed by atoms with van der Waals surface area (Å²) in [6.07, 6.45) is 8.81. The van der Waals surface area contributed by atoms with Gasteiger partial charge in [-0.3, -0.25) is 9.35 Å². The standard InChI is InChI=1S/C11H20O2.C4H6O7S.C2H7NO.2Na/c1-2-3-4-5-6-7-8-9-10-11(12)13;5-3(6)1-2(4(7)8)12(9,10)11;3-1-2-4;;/h2H,1,3-10H2,(H,12,13);2H,1H2,(H,5,6)(H,7,8)(H,9,10,11);4H,1-3H2;;/q;;;2*+1/p-2. The predicted octanol–water partition coefficient (Wildman–Crippen LogP) is -7.54. The van der Waals surface area contributed by atoms with Crippen LogP contribution in [0.2, 0.25) is 0 Å². The molecule has 0 aliphatic heterocycles. The van der Waals surface area contributed by atoms with Crippen LogP contribution in [0.25, 0.3) is 0 Å². The van der Waals surface area contributed by atoms with Crippen LogP contribution < -0.4 is 75.1 Å². The topological polar surface area (TPSA) is 218 Å². The van der Waals surface area contributed by atoms with Gasteiger partial charge in [-0.2, -0.15) is 8.42 Å². The van der Waals surface area contributed by atoms with Crippen LogP contribution in [0.1, 0.15) is 57.8 Å². The van der Waals surface area contributed by atoms with E-state index in [4.69, 9.17) is 20.5 Å². The van der Waals surface area contributed by atoms with Gasteiger partial charge in [0.1, 0.15) is 5.25 Å². The molecular formula is C17H31NNa2O10S. The molecule has 0 aliphatic carbocycles. The molecule has 11 nitrogen and oxygen atoms in total. The van der Waals surface area contributed by atoms with Gasteiger partial charge in [-0.05, 0) is 19.3 Å². The van der Waals surface area contributed by atoms with Crippen molar-refractivity contribution in [3.05, 3.63) is 12.7 Å². The van der Waals surface area contributed by atoms with Gasteiger partial charge in [0.2, 0.25) is 0 Å². The summed E-state index contributed by atoms with van der Waals surface area (Å²) in [7, 11) is -4.94. The summed E-state index contributed by atoms with van der Waals surface area (Å²) in [5, 5.41) is 33.4. The Hall–Kier alpha value is -0.0200. The number of hydrogen-bond donors (Lipinski definition) is 4. The molecule has 1 unspecified atom stereocenters.